The van der Waals surface area contributed by atoms with Gasteiger partial charge in [-0.15, -0.1) is 0 Å². The fourth-order valence-corrected chi connectivity index (χ4v) is 4.29. The Labute approximate surface area is 150 Å². The molecule has 2 aromatic carbocycles. The van der Waals surface area contributed by atoms with Crippen molar-refractivity contribution in [2.45, 2.75) is 25.3 Å². The van der Waals surface area contributed by atoms with Crippen molar-refractivity contribution in [3.63, 3.8) is 0 Å². The summed E-state index contributed by atoms with van der Waals surface area (Å²) >= 11 is 0. The summed E-state index contributed by atoms with van der Waals surface area (Å²) in [5.41, 5.74) is 0.649. The molecule has 0 spiro atoms. The van der Waals surface area contributed by atoms with Crippen molar-refractivity contribution in [1.82, 2.24) is 0 Å². The number of benzene rings is 2. The number of fused-ring (bicyclic) bond motifs is 5. The molecule has 4 rings (SSSR count). The summed E-state index contributed by atoms with van der Waals surface area (Å²) in [5, 5.41) is 10.1. The van der Waals surface area contributed by atoms with E-state index in [4.69, 9.17) is 4.74 Å². The van der Waals surface area contributed by atoms with E-state index in [2.05, 4.69) is 0 Å². The molecule has 2 aliphatic rings. The standard InChI is InChI=1S/C20H17NO5/c1-3-26-19(25)20-13-9-5-4-8-12(13)17(22)21(20)14-10-6-7-11(2)15(14)16(20)18(23)24/h4-10,16H,3H2,1-2H3,(H,23,24). The van der Waals surface area contributed by atoms with Gasteiger partial charge in [0.2, 0.25) is 0 Å². The van der Waals surface area contributed by atoms with Gasteiger partial charge in [0, 0.05) is 11.1 Å². The molecule has 6 nitrogen and oxygen atoms in total. The Kier molecular flexibility index (Phi) is 3.41. The number of anilines is 1. The van der Waals surface area contributed by atoms with Gasteiger partial charge in [0.1, 0.15) is 5.92 Å². The number of amides is 1. The third-order valence-corrected chi connectivity index (χ3v) is 5.21. The Bertz CT molecular complexity index is 966. The van der Waals surface area contributed by atoms with Crippen LogP contribution in [-0.2, 0) is 19.9 Å². The number of rotatable bonds is 3. The zero-order valence-corrected chi connectivity index (χ0v) is 14.4. The van der Waals surface area contributed by atoms with Crippen molar-refractivity contribution in [2.75, 3.05) is 11.5 Å². The van der Waals surface area contributed by atoms with Crippen LogP contribution in [0.3, 0.4) is 0 Å². The topological polar surface area (TPSA) is 83.9 Å². The molecule has 0 aliphatic carbocycles. The highest BCUT2D eigenvalue weighted by Crippen LogP contribution is 2.59. The fourth-order valence-electron chi connectivity index (χ4n) is 4.29. The third kappa shape index (κ3) is 1.73. The summed E-state index contributed by atoms with van der Waals surface area (Å²) in [6.07, 6.45) is 0. The summed E-state index contributed by atoms with van der Waals surface area (Å²) in [6, 6.07) is 11.9. The van der Waals surface area contributed by atoms with E-state index >= 15 is 0 Å². The van der Waals surface area contributed by atoms with Crippen molar-refractivity contribution in [2.24, 2.45) is 0 Å². The number of carboxylic acid groups (broad SMARTS) is 1. The maximum absolute atomic E-state index is 13.2. The third-order valence-electron chi connectivity index (χ3n) is 5.21. The second-order valence-corrected chi connectivity index (χ2v) is 6.45. The number of hydrogen-bond acceptors (Lipinski definition) is 4. The Morgan fingerprint density at radius 3 is 2.62 bits per heavy atom. The molecule has 2 heterocycles. The molecule has 0 bridgehead atoms. The monoisotopic (exact) mass is 351 g/mol. The number of aryl methyl sites for hydroxylation is 1. The number of carboxylic acids is 1. The first-order valence-electron chi connectivity index (χ1n) is 8.39. The molecular weight excluding hydrogens is 334 g/mol. The number of aliphatic carboxylic acids is 1. The van der Waals surface area contributed by atoms with Crippen LogP contribution < -0.4 is 4.90 Å². The molecule has 0 saturated heterocycles. The zero-order chi connectivity index (χ0) is 18.6. The van der Waals surface area contributed by atoms with Crippen LogP contribution in [0.15, 0.2) is 42.5 Å². The molecular formula is C20H17NO5. The molecule has 0 radical (unpaired) electrons. The van der Waals surface area contributed by atoms with Crippen LogP contribution in [0.2, 0.25) is 0 Å². The maximum atomic E-state index is 13.2. The quantitative estimate of drug-likeness (QED) is 0.860. The lowest BCUT2D eigenvalue weighted by molar-refractivity contribution is -0.155. The molecule has 1 amide bonds. The summed E-state index contributed by atoms with van der Waals surface area (Å²) in [7, 11) is 0. The van der Waals surface area contributed by atoms with Gasteiger partial charge in [-0.2, -0.15) is 0 Å². The average Bonchev–Trinajstić information content (AvgIpc) is 3.07. The normalized spacial score (nSPS) is 22.6. The highest BCUT2D eigenvalue weighted by atomic mass is 16.5. The number of esters is 1. The Hall–Kier alpha value is -3.15. The van der Waals surface area contributed by atoms with Gasteiger partial charge in [0.05, 0.1) is 12.3 Å². The summed E-state index contributed by atoms with van der Waals surface area (Å²) in [5.74, 6) is -3.50. The molecule has 2 atom stereocenters. The lowest BCUT2D eigenvalue weighted by Crippen LogP contribution is -2.52. The molecule has 2 unspecified atom stereocenters. The van der Waals surface area contributed by atoms with Gasteiger partial charge >= 0.3 is 11.9 Å². The van der Waals surface area contributed by atoms with Crippen LogP contribution in [-0.4, -0.2) is 29.6 Å². The van der Waals surface area contributed by atoms with Gasteiger partial charge in [0.15, 0.2) is 5.54 Å². The second kappa shape index (κ2) is 5.42. The van der Waals surface area contributed by atoms with Crippen LogP contribution >= 0.6 is 0 Å². The van der Waals surface area contributed by atoms with E-state index in [1.165, 1.54) is 4.90 Å². The van der Waals surface area contributed by atoms with Gasteiger partial charge in [0.25, 0.3) is 5.91 Å². The summed E-state index contributed by atoms with van der Waals surface area (Å²) in [6.45, 7) is 3.53. The van der Waals surface area contributed by atoms with Crippen molar-refractivity contribution in [3.8, 4) is 0 Å². The maximum Gasteiger partial charge on any atom is 0.338 e. The predicted octanol–water partition coefficient (Wildman–Crippen LogP) is 2.60. The van der Waals surface area contributed by atoms with Gasteiger partial charge in [-0.25, -0.2) is 4.79 Å². The minimum absolute atomic E-state index is 0.0897. The van der Waals surface area contributed by atoms with E-state index < -0.39 is 23.4 Å². The first-order valence-corrected chi connectivity index (χ1v) is 8.39. The lowest BCUT2D eigenvalue weighted by atomic mass is 9.76. The summed E-state index contributed by atoms with van der Waals surface area (Å²) in [4.78, 5) is 40.0. The minimum Gasteiger partial charge on any atom is -0.481 e. The molecule has 2 aromatic rings. The van der Waals surface area contributed by atoms with Crippen molar-refractivity contribution in [1.29, 1.82) is 0 Å². The molecule has 0 fully saturated rings. The smallest absolute Gasteiger partial charge is 0.338 e. The van der Waals surface area contributed by atoms with E-state index in [0.717, 1.165) is 5.56 Å². The Morgan fingerprint density at radius 1 is 1.19 bits per heavy atom. The van der Waals surface area contributed by atoms with Crippen molar-refractivity contribution in [3.05, 3.63) is 64.7 Å². The number of carbonyl (C=O) groups excluding carboxylic acids is 2. The second-order valence-electron chi connectivity index (χ2n) is 6.45. The number of hydrogen-bond donors (Lipinski definition) is 1. The minimum atomic E-state index is -1.72. The van der Waals surface area contributed by atoms with Crippen LogP contribution in [0.1, 0.15) is 39.9 Å². The van der Waals surface area contributed by atoms with E-state index in [-0.39, 0.29) is 12.5 Å². The van der Waals surface area contributed by atoms with Gasteiger partial charge in [-0.05, 0) is 37.1 Å². The summed E-state index contributed by atoms with van der Waals surface area (Å²) < 4.78 is 5.29. The molecule has 0 saturated carbocycles. The number of ether oxygens (including phenoxy) is 1. The molecule has 1 N–H and O–H groups in total. The van der Waals surface area contributed by atoms with Gasteiger partial charge < -0.3 is 9.84 Å². The average molecular weight is 351 g/mol. The number of nitrogens with zero attached hydrogens (tertiary/aromatic N) is 1. The van der Waals surface area contributed by atoms with E-state index in [1.54, 1.807) is 56.3 Å². The Morgan fingerprint density at radius 2 is 1.92 bits per heavy atom. The molecule has 26 heavy (non-hydrogen) atoms. The first-order chi connectivity index (χ1) is 12.5. The fraction of sp³-hybridized carbons (Fsp3) is 0.250. The highest BCUT2D eigenvalue weighted by Gasteiger charge is 2.68. The molecule has 132 valence electrons. The largest absolute Gasteiger partial charge is 0.481 e. The van der Waals surface area contributed by atoms with Crippen LogP contribution in [0.5, 0.6) is 0 Å². The van der Waals surface area contributed by atoms with E-state index in [9.17, 15) is 19.5 Å². The van der Waals surface area contributed by atoms with Crippen LogP contribution in [0, 0.1) is 6.92 Å². The predicted molar refractivity (Wildman–Crippen MR) is 93.1 cm³/mol. The highest BCUT2D eigenvalue weighted by molar-refractivity contribution is 6.21. The van der Waals surface area contributed by atoms with E-state index in [1.807, 2.05) is 0 Å². The first kappa shape index (κ1) is 16.3. The van der Waals surface area contributed by atoms with E-state index in [0.29, 0.717) is 22.4 Å². The Balaban J connectivity index is 2.13. The zero-order valence-electron chi connectivity index (χ0n) is 14.4. The van der Waals surface area contributed by atoms with Crippen molar-refractivity contribution < 1.29 is 24.2 Å². The molecule has 6 heteroatoms. The van der Waals surface area contributed by atoms with Gasteiger partial charge in [-0.3, -0.25) is 14.5 Å². The molecule has 2 aliphatic heterocycles. The van der Waals surface area contributed by atoms with Crippen LogP contribution in [0.25, 0.3) is 0 Å². The van der Waals surface area contributed by atoms with Gasteiger partial charge in [-0.1, -0.05) is 30.3 Å². The molecule has 0 aromatic heterocycles. The lowest BCUT2D eigenvalue weighted by Gasteiger charge is -2.33. The van der Waals surface area contributed by atoms with Crippen molar-refractivity contribution >= 4 is 23.5 Å². The number of carbonyl (C=O) groups is 3. The van der Waals surface area contributed by atoms with Crippen LogP contribution in [0.4, 0.5) is 5.69 Å². The SMILES string of the molecule is CCOC(=O)C12c3ccccc3C(=O)N1c1cccc(C)c1C2C(=O)O.